The Balaban J connectivity index is 1.55. The number of rotatable bonds is 5. The van der Waals surface area contributed by atoms with Crippen molar-refractivity contribution in [3.8, 4) is 0 Å². The molecule has 0 N–H and O–H groups in total. The number of hydrogen-bond acceptors (Lipinski definition) is 2. The highest BCUT2D eigenvalue weighted by molar-refractivity contribution is 5.78. The van der Waals surface area contributed by atoms with Crippen molar-refractivity contribution >= 4 is 5.97 Å². The molecule has 7 unspecified atom stereocenters. The summed E-state index contributed by atoms with van der Waals surface area (Å²) in [7, 11) is 0. The van der Waals surface area contributed by atoms with Gasteiger partial charge < -0.3 is 4.74 Å². The van der Waals surface area contributed by atoms with Crippen LogP contribution in [0.1, 0.15) is 52.4 Å². The molecule has 0 heterocycles. The van der Waals surface area contributed by atoms with E-state index in [4.69, 9.17) is 4.74 Å². The summed E-state index contributed by atoms with van der Waals surface area (Å²) >= 11 is 0. The summed E-state index contributed by atoms with van der Waals surface area (Å²) in [6.45, 7) is 4.97. The summed E-state index contributed by atoms with van der Waals surface area (Å²) in [6, 6.07) is 0. The van der Waals surface area contributed by atoms with E-state index in [1.165, 1.54) is 12.8 Å². The molecule has 0 spiro atoms. The van der Waals surface area contributed by atoms with Crippen LogP contribution in [0.15, 0.2) is 12.2 Å². The summed E-state index contributed by atoms with van der Waals surface area (Å²) in [5, 5.41) is 0. The van der Waals surface area contributed by atoms with Crippen LogP contribution in [0.25, 0.3) is 0 Å². The molecule has 0 aromatic heterocycles. The molecule has 3 fully saturated rings. The molecule has 0 aromatic carbocycles. The van der Waals surface area contributed by atoms with E-state index in [0.717, 1.165) is 55.3 Å². The van der Waals surface area contributed by atoms with E-state index in [9.17, 15) is 4.79 Å². The Labute approximate surface area is 128 Å². The Morgan fingerprint density at radius 2 is 1.95 bits per heavy atom. The predicted octanol–water partition coefficient (Wildman–Crippen LogP) is 4.20. The zero-order chi connectivity index (χ0) is 14.6. The molecule has 0 aromatic rings. The van der Waals surface area contributed by atoms with E-state index in [-0.39, 0.29) is 11.4 Å². The molecule has 0 saturated heterocycles. The van der Waals surface area contributed by atoms with Crippen molar-refractivity contribution < 1.29 is 9.53 Å². The average molecular weight is 288 g/mol. The predicted molar refractivity (Wildman–Crippen MR) is 82.5 cm³/mol. The molecule has 2 heteroatoms. The number of ether oxygens (including phenoxy) is 1. The van der Waals surface area contributed by atoms with Crippen LogP contribution in [-0.2, 0) is 9.53 Å². The number of carbonyl (C=O) groups excluding carboxylic acids is 1. The lowest BCUT2D eigenvalue weighted by molar-refractivity contribution is -0.162. The van der Waals surface area contributed by atoms with Crippen molar-refractivity contribution in [1.29, 1.82) is 0 Å². The third-order valence-corrected chi connectivity index (χ3v) is 7.25. The minimum absolute atomic E-state index is 0.135. The normalized spacial score (nSPS) is 48.9. The summed E-state index contributed by atoms with van der Waals surface area (Å²) in [5.41, 5.74) is -0.141. The summed E-state index contributed by atoms with van der Waals surface area (Å²) in [5.74, 6) is 4.82. The number of allylic oxidation sites excluding steroid dienone is 2. The summed E-state index contributed by atoms with van der Waals surface area (Å²) in [6.07, 6.45) is 11.8. The Morgan fingerprint density at radius 1 is 1.19 bits per heavy atom. The van der Waals surface area contributed by atoms with Crippen LogP contribution in [0, 0.1) is 40.9 Å². The van der Waals surface area contributed by atoms with Gasteiger partial charge >= 0.3 is 5.97 Å². The van der Waals surface area contributed by atoms with Gasteiger partial charge in [0.05, 0.1) is 12.0 Å². The molecule has 4 aliphatic carbocycles. The van der Waals surface area contributed by atoms with Gasteiger partial charge in [0.15, 0.2) is 0 Å². The Kier molecular flexibility index (Phi) is 3.20. The Hall–Kier alpha value is -0.790. The Bertz CT molecular complexity index is 468. The lowest BCUT2D eigenvalue weighted by atomic mass is 9.61. The molecule has 4 bridgehead atoms. The average Bonchev–Trinajstić information content (AvgIpc) is 3.24. The topological polar surface area (TPSA) is 26.3 Å². The molecule has 0 radical (unpaired) electrons. The quantitative estimate of drug-likeness (QED) is 0.328. The van der Waals surface area contributed by atoms with Gasteiger partial charge in [-0.25, -0.2) is 0 Å². The zero-order valence-corrected chi connectivity index (χ0v) is 13.4. The first-order valence-corrected chi connectivity index (χ1v) is 9.06. The molecule has 0 amide bonds. The van der Waals surface area contributed by atoms with Crippen molar-refractivity contribution in [2.24, 2.45) is 40.9 Å². The number of carbonyl (C=O) groups is 1. The number of unbranched alkanes of at least 4 members (excludes halogenated alkanes) is 1. The highest BCUT2D eigenvalue weighted by Gasteiger charge is 2.67. The SMILES string of the molecule is CCCCOC(=O)C1(CC)CC2CC1C1C3C=CC(C3)C21. The molecule has 3 saturated carbocycles. The van der Waals surface area contributed by atoms with Crippen LogP contribution in [0.4, 0.5) is 0 Å². The van der Waals surface area contributed by atoms with Gasteiger partial charge in [0, 0.05) is 0 Å². The largest absolute Gasteiger partial charge is 0.465 e. The van der Waals surface area contributed by atoms with E-state index in [0.29, 0.717) is 12.5 Å². The van der Waals surface area contributed by atoms with Gasteiger partial charge in [0.2, 0.25) is 0 Å². The smallest absolute Gasteiger partial charge is 0.312 e. The van der Waals surface area contributed by atoms with Gasteiger partial charge in [-0.3, -0.25) is 4.79 Å². The molecular formula is C19H28O2. The van der Waals surface area contributed by atoms with Gasteiger partial charge in [0.25, 0.3) is 0 Å². The van der Waals surface area contributed by atoms with Gasteiger partial charge in [-0.15, -0.1) is 0 Å². The highest BCUT2D eigenvalue weighted by atomic mass is 16.5. The fourth-order valence-electron chi connectivity index (χ4n) is 6.44. The maximum atomic E-state index is 12.8. The van der Waals surface area contributed by atoms with Crippen LogP contribution >= 0.6 is 0 Å². The van der Waals surface area contributed by atoms with E-state index in [2.05, 4.69) is 26.0 Å². The number of hydrogen-bond donors (Lipinski definition) is 0. The van der Waals surface area contributed by atoms with E-state index < -0.39 is 0 Å². The van der Waals surface area contributed by atoms with E-state index in [1.807, 2.05) is 0 Å². The summed E-state index contributed by atoms with van der Waals surface area (Å²) in [4.78, 5) is 12.8. The van der Waals surface area contributed by atoms with Crippen LogP contribution in [0.2, 0.25) is 0 Å². The van der Waals surface area contributed by atoms with Crippen molar-refractivity contribution in [2.75, 3.05) is 6.61 Å². The van der Waals surface area contributed by atoms with E-state index in [1.54, 1.807) is 0 Å². The fraction of sp³-hybridized carbons (Fsp3) is 0.842. The monoisotopic (exact) mass is 288 g/mol. The lowest BCUT2D eigenvalue weighted by Crippen LogP contribution is -2.44. The number of esters is 1. The molecule has 4 rings (SSSR count). The Morgan fingerprint density at radius 3 is 2.67 bits per heavy atom. The van der Waals surface area contributed by atoms with Crippen LogP contribution < -0.4 is 0 Å². The molecular weight excluding hydrogens is 260 g/mol. The molecule has 2 nitrogen and oxygen atoms in total. The minimum Gasteiger partial charge on any atom is -0.465 e. The first-order valence-electron chi connectivity index (χ1n) is 9.06. The number of fused-ring (bicyclic) bond motifs is 9. The molecule has 4 aliphatic rings. The maximum Gasteiger partial charge on any atom is 0.312 e. The van der Waals surface area contributed by atoms with Crippen molar-refractivity contribution in [3.05, 3.63) is 12.2 Å². The van der Waals surface area contributed by atoms with Crippen molar-refractivity contribution in [3.63, 3.8) is 0 Å². The van der Waals surface area contributed by atoms with Crippen LogP contribution in [0.5, 0.6) is 0 Å². The highest BCUT2D eigenvalue weighted by Crippen LogP contribution is 2.71. The lowest BCUT2D eigenvalue weighted by Gasteiger charge is -2.43. The zero-order valence-electron chi connectivity index (χ0n) is 13.4. The van der Waals surface area contributed by atoms with Gasteiger partial charge in [-0.1, -0.05) is 32.4 Å². The van der Waals surface area contributed by atoms with Gasteiger partial charge in [-0.05, 0) is 67.6 Å². The molecule has 116 valence electrons. The molecule has 7 atom stereocenters. The first kappa shape index (κ1) is 13.8. The first-order chi connectivity index (χ1) is 10.2. The fourth-order valence-corrected chi connectivity index (χ4v) is 6.44. The van der Waals surface area contributed by atoms with Gasteiger partial charge in [0.1, 0.15) is 0 Å². The van der Waals surface area contributed by atoms with E-state index >= 15 is 0 Å². The third kappa shape index (κ3) is 1.74. The van der Waals surface area contributed by atoms with Crippen LogP contribution in [-0.4, -0.2) is 12.6 Å². The summed E-state index contributed by atoms with van der Waals surface area (Å²) < 4.78 is 5.68. The molecule has 21 heavy (non-hydrogen) atoms. The second-order valence-corrected chi connectivity index (χ2v) is 7.91. The second kappa shape index (κ2) is 4.86. The third-order valence-electron chi connectivity index (χ3n) is 7.25. The van der Waals surface area contributed by atoms with Gasteiger partial charge in [-0.2, -0.15) is 0 Å². The van der Waals surface area contributed by atoms with Crippen LogP contribution in [0.3, 0.4) is 0 Å². The van der Waals surface area contributed by atoms with Crippen molar-refractivity contribution in [2.45, 2.75) is 52.4 Å². The minimum atomic E-state index is -0.141. The van der Waals surface area contributed by atoms with Crippen molar-refractivity contribution in [1.82, 2.24) is 0 Å². The maximum absolute atomic E-state index is 12.8. The molecule has 0 aliphatic heterocycles. The second-order valence-electron chi connectivity index (χ2n) is 7.91. The standard InChI is InChI=1S/C19H28O2/c1-3-5-8-21-18(20)19(4-2)11-14-10-15(19)17-13-7-6-12(9-13)16(14)17/h6-7,12-17H,3-5,8-11H2,1-2H3.